The van der Waals surface area contributed by atoms with Crippen molar-refractivity contribution in [3.8, 4) is 0 Å². The lowest BCUT2D eigenvalue weighted by atomic mass is 10.0. The van der Waals surface area contributed by atoms with Crippen LogP contribution in [0.1, 0.15) is 60.0 Å². The van der Waals surface area contributed by atoms with Crippen LogP contribution in [0.3, 0.4) is 0 Å². The van der Waals surface area contributed by atoms with Gasteiger partial charge in [0.15, 0.2) is 0 Å². The monoisotopic (exact) mass is 620 g/mol. The van der Waals surface area contributed by atoms with Crippen LogP contribution in [0, 0.1) is 13.8 Å². The fourth-order valence-electron chi connectivity index (χ4n) is 3.90. The van der Waals surface area contributed by atoms with Crippen LogP contribution in [0.2, 0.25) is 0 Å². The van der Waals surface area contributed by atoms with Gasteiger partial charge in [-0.15, -0.1) is 5.10 Å². The normalized spacial score (nSPS) is 14.3. The number of hydrogen-bond acceptors (Lipinski definition) is 7. The Balaban J connectivity index is 0.000000384. The number of piperidine rings is 1. The van der Waals surface area contributed by atoms with Gasteiger partial charge in [0.1, 0.15) is 5.69 Å². The maximum atomic E-state index is 13.3. The molecule has 1 aliphatic heterocycles. The Morgan fingerprint density at radius 1 is 0.930 bits per heavy atom. The highest BCUT2D eigenvalue weighted by Gasteiger charge is 2.39. The first-order valence-electron chi connectivity index (χ1n) is 12.6. The number of halogens is 6. The van der Waals surface area contributed by atoms with Gasteiger partial charge in [0.25, 0.3) is 5.91 Å². The van der Waals surface area contributed by atoms with E-state index in [0.717, 1.165) is 46.3 Å². The number of aromatic nitrogens is 4. The Labute approximate surface area is 241 Å². The van der Waals surface area contributed by atoms with Crippen molar-refractivity contribution in [2.24, 2.45) is 5.73 Å². The third-order valence-corrected chi connectivity index (χ3v) is 6.10. The van der Waals surface area contributed by atoms with Gasteiger partial charge in [-0.05, 0) is 58.7 Å². The predicted molar refractivity (Wildman–Crippen MR) is 140 cm³/mol. The number of alkyl halides is 6. The third kappa shape index (κ3) is 9.90. The van der Waals surface area contributed by atoms with Crippen molar-refractivity contribution in [3.63, 3.8) is 0 Å². The van der Waals surface area contributed by atoms with Gasteiger partial charge in [-0.25, -0.2) is 14.3 Å². The second kappa shape index (κ2) is 13.4. The Morgan fingerprint density at radius 3 is 1.88 bits per heavy atom. The van der Waals surface area contributed by atoms with Crippen LogP contribution < -0.4 is 5.73 Å². The molecule has 1 aromatic carbocycles. The first kappa shape index (κ1) is 34.9. The molecular weight excluding hydrogens is 590 g/mol. The lowest BCUT2D eigenvalue weighted by Gasteiger charge is -2.32. The molecular formula is C26H30F6N6O5. The molecule has 0 radical (unpaired) electrons. The van der Waals surface area contributed by atoms with Crippen LogP contribution in [0.5, 0.6) is 0 Å². The first-order valence-corrected chi connectivity index (χ1v) is 12.6. The van der Waals surface area contributed by atoms with Crippen LogP contribution in [-0.4, -0.2) is 78.4 Å². The van der Waals surface area contributed by atoms with E-state index in [1.54, 1.807) is 0 Å². The smallest absolute Gasteiger partial charge is 0.475 e. The summed E-state index contributed by atoms with van der Waals surface area (Å²) in [6.45, 7) is 9.20. The lowest BCUT2D eigenvalue weighted by molar-refractivity contribution is -0.193. The molecule has 2 aromatic heterocycles. The highest BCUT2D eigenvalue weighted by molar-refractivity contribution is 6.06. The molecule has 0 spiro atoms. The lowest BCUT2D eigenvalue weighted by Crippen LogP contribution is -2.39. The Kier molecular flexibility index (Phi) is 10.8. The average molecular weight is 621 g/mol. The molecule has 0 aliphatic carbocycles. The summed E-state index contributed by atoms with van der Waals surface area (Å²) in [5, 5.41) is 23.7. The van der Waals surface area contributed by atoms with Crippen molar-refractivity contribution >= 4 is 28.7 Å². The van der Waals surface area contributed by atoms with Crippen LogP contribution in [0.4, 0.5) is 26.3 Å². The highest BCUT2D eigenvalue weighted by Crippen LogP contribution is 2.27. The second-order valence-corrected chi connectivity index (χ2v) is 10.3. The molecule has 17 heteroatoms. The van der Waals surface area contributed by atoms with Crippen LogP contribution in [0.15, 0.2) is 30.5 Å². The van der Waals surface area contributed by atoms with Crippen LogP contribution in [-0.2, 0) is 15.1 Å². The molecule has 4 N–H and O–H groups in total. The minimum Gasteiger partial charge on any atom is -0.475 e. The quantitative estimate of drug-likeness (QED) is 0.361. The Hall–Kier alpha value is -4.28. The van der Waals surface area contributed by atoms with E-state index in [9.17, 15) is 31.1 Å². The largest absolute Gasteiger partial charge is 0.490 e. The number of aryl methyl sites for hydroxylation is 2. The number of carbonyl (C=O) groups is 3. The molecule has 3 heterocycles. The summed E-state index contributed by atoms with van der Waals surface area (Å²) in [5.74, 6) is -5.44. The standard InChI is InChI=1S/C22H28N6O.2C2HF3O2/c1-14-5-6-19-17(11-14)18(12-15(2)24-19)21(29)27-9-7-16(8-10-27)28-13-20(25-26-28)22(3,4)23;2*3-2(4,5)1(6)7/h5-6,11-13,16H,7-10,23H2,1-4H3;2*(H,6,7). The molecule has 1 aliphatic rings. The Bertz CT molecular complexity index is 1430. The fourth-order valence-corrected chi connectivity index (χ4v) is 3.90. The number of carbonyl (C=O) groups excluding carboxylic acids is 1. The highest BCUT2D eigenvalue weighted by atomic mass is 19.4. The second-order valence-electron chi connectivity index (χ2n) is 10.3. The molecule has 1 saturated heterocycles. The molecule has 1 amide bonds. The van der Waals surface area contributed by atoms with E-state index < -0.39 is 29.8 Å². The number of nitrogens with zero attached hydrogens (tertiary/aromatic N) is 5. The molecule has 11 nitrogen and oxygen atoms in total. The van der Waals surface area contributed by atoms with Crippen molar-refractivity contribution in [1.82, 2.24) is 24.9 Å². The maximum Gasteiger partial charge on any atom is 0.490 e. The zero-order valence-electron chi connectivity index (χ0n) is 23.5. The third-order valence-electron chi connectivity index (χ3n) is 6.10. The zero-order valence-corrected chi connectivity index (χ0v) is 23.5. The molecule has 0 atom stereocenters. The molecule has 0 saturated carbocycles. The van der Waals surface area contributed by atoms with Crippen molar-refractivity contribution < 1.29 is 50.9 Å². The molecule has 3 aromatic rings. The van der Waals surface area contributed by atoms with Gasteiger partial charge in [-0.2, -0.15) is 26.3 Å². The van der Waals surface area contributed by atoms with Gasteiger partial charge >= 0.3 is 24.3 Å². The number of likely N-dealkylation sites (tertiary alicyclic amines) is 1. The molecule has 0 bridgehead atoms. The van der Waals surface area contributed by atoms with E-state index in [1.807, 2.05) is 67.7 Å². The van der Waals surface area contributed by atoms with Gasteiger partial charge in [-0.1, -0.05) is 16.8 Å². The summed E-state index contributed by atoms with van der Waals surface area (Å²) in [6, 6.07) is 8.21. The fraction of sp³-hybridized carbons (Fsp3) is 0.462. The van der Waals surface area contributed by atoms with Crippen LogP contribution >= 0.6 is 0 Å². The van der Waals surface area contributed by atoms with Gasteiger partial charge < -0.3 is 20.8 Å². The molecule has 4 rings (SSSR count). The summed E-state index contributed by atoms with van der Waals surface area (Å²) < 4.78 is 65.4. The number of rotatable bonds is 3. The van der Waals surface area contributed by atoms with E-state index in [4.69, 9.17) is 25.5 Å². The number of hydrogen-bond donors (Lipinski definition) is 3. The zero-order chi connectivity index (χ0) is 32.9. The molecule has 1 fully saturated rings. The average Bonchev–Trinajstić information content (AvgIpc) is 3.39. The van der Waals surface area contributed by atoms with E-state index in [-0.39, 0.29) is 11.9 Å². The van der Waals surface area contributed by atoms with E-state index >= 15 is 0 Å². The summed E-state index contributed by atoms with van der Waals surface area (Å²) in [7, 11) is 0. The number of carboxylic acid groups (broad SMARTS) is 2. The van der Waals surface area contributed by atoms with Crippen molar-refractivity contribution in [2.75, 3.05) is 13.1 Å². The summed E-state index contributed by atoms with van der Waals surface area (Å²) in [4.78, 5) is 37.6. The Morgan fingerprint density at radius 2 is 1.44 bits per heavy atom. The minimum atomic E-state index is -5.08. The topological polar surface area (TPSA) is 165 Å². The number of pyridine rings is 1. The number of fused-ring (bicyclic) bond motifs is 1. The first-order chi connectivity index (χ1) is 19.6. The maximum absolute atomic E-state index is 13.3. The van der Waals surface area contributed by atoms with Gasteiger partial charge in [0.05, 0.1) is 28.9 Å². The predicted octanol–water partition coefficient (Wildman–Crippen LogP) is 4.38. The number of nitrogens with two attached hydrogens (primary N) is 1. The SMILES string of the molecule is Cc1ccc2nc(C)cc(C(=O)N3CCC(n4cc(C(C)(C)N)nn4)CC3)c2c1.O=C(O)C(F)(F)F.O=C(O)C(F)(F)F. The van der Waals surface area contributed by atoms with Crippen molar-refractivity contribution in [2.45, 2.75) is 64.5 Å². The van der Waals surface area contributed by atoms with Gasteiger partial charge in [0.2, 0.25) is 0 Å². The van der Waals surface area contributed by atoms with E-state index in [1.165, 1.54) is 0 Å². The summed E-state index contributed by atoms with van der Waals surface area (Å²) in [6.07, 6.45) is -6.54. The van der Waals surface area contributed by atoms with E-state index in [0.29, 0.717) is 13.1 Å². The van der Waals surface area contributed by atoms with E-state index in [2.05, 4.69) is 15.3 Å². The van der Waals surface area contributed by atoms with Crippen molar-refractivity contribution in [1.29, 1.82) is 0 Å². The summed E-state index contributed by atoms with van der Waals surface area (Å²) >= 11 is 0. The van der Waals surface area contributed by atoms with Crippen molar-refractivity contribution in [3.05, 3.63) is 53.0 Å². The van der Waals surface area contributed by atoms with Gasteiger partial charge in [-0.3, -0.25) is 9.78 Å². The number of benzene rings is 1. The number of carboxylic acids is 2. The number of amides is 1. The molecule has 0 unspecified atom stereocenters. The molecule has 43 heavy (non-hydrogen) atoms. The summed E-state index contributed by atoms with van der Waals surface area (Å²) in [5.41, 5.74) is 9.99. The van der Waals surface area contributed by atoms with Gasteiger partial charge in [0, 0.05) is 24.2 Å². The number of aliphatic carboxylic acids is 2. The minimum absolute atomic E-state index is 0.0759. The van der Waals surface area contributed by atoms with Crippen LogP contribution in [0.25, 0.3) is 10.9 Å². The molecule has 236 valence electrons.